The number of ether oxygens (including phenoxy) is 1. The Bertz CT molecular complexity index is 1050. The fourth-order valence-corrected chi connectivity index (χ4v) is 3.37. The number of carboxylic acids is 1. The number of aromatic amines is 1. The molecule has 9 heteroatoms. The second kappa shape index (κ2) is 7.81. The fourth-order valence-electron chi connectivity index (χ4n) is 3.37. The molecule has 0 aliphatic carbocycles. The van der Waals surface area contributed by atoms with Crippen molar-refractivity contribution < 1.29 is 14.6 Å². The van der Waals surface area contributed by atoms with Gasteiger partial charge in [-0.2, -0.15) is 0 Å². The van der Waals surface area contributed by atoms with Gasteiger partial charge in [0.15, 0.2) is 5.43 Å². The molecule has 1 fully saturated rings. The third-order valence-corrected chi connectivity index (χ3v) is 4.80. The lowest BCUT2D eigenvalue weighted by atomic mass is 10.1. The summed E-state index contributed by atoms with van der Waals surface area (Å²) in [5, 5.41) is 17.7. The molecule has 0 unspecified atom stereocenters. The zero-order valence-electron chi connectivity index (χ0n) is 15.3. The third kappa shape index (κ3) is 3.74. The number of anilines is 1. The highest BCUT2D eigenvalue weighted by Gasteiger charge is 2.16. The number of benzene rings is 1. The highest BCUT2D eigenvalue weighted by Crippen LogP contribution is 2.26. The van der Waals surface area contributed by atoms with Gasteiger partial charge in [0, 0.05) is 43.1 Å². The normalized spacial score (nSPS) is 14.5. The largest absolute Gasteiger partial charge is 0.481 e. The Morgan fingerprint density at radius 1 is 1.29 bits per heavy atom. The fraction of sp³-hybridized carbons (Fsp3) is 0.368. The number of pyridine rings is 1. The van der Waals surface area contributed by atoms with Crippen molar-refractivity contribution >= 4 is 22.7 Å². The first kappa shape index (κ1) is 18.2. The number of rotatable bonds is 6. The van der Waals surface area contributed by atoms with Crippen LogP contribution in [0.4, 0.5) is 5.82 Å². The van der Waals surface area contributed by atoms with Gasteiger partial charge in [0.1, 0.15) is 11.5 Å². The SMILES string of the molecule is O=C(O)CCCn1cc(-c2cccc3c(=O)cc(N4CCOCC4)[nH]c23)nn1. The molecule has 0 saturated carbocycles. The summed E-state index contributed by atoms with van der Waals surface area (Å²) in [6, 6.07) is 7.13. The monoisotopic (exact) mass is 383 g/mol. The molecule has 2 N–H and O–H groups in total. The number of carboxylic acid groups (broad SMARTS) is 1. The van der Waals surface area contributed by atoms with E-state index in [1.165, 1.54) is 0 Å². The van der Waals surface area contributed by atoms with E-state index in [0.717, 1.165) is 24.5 Å². The Morgan fingerprint density at radius 2 is 2.11 bits per heavy atom. The number of nitrogens with one attached hydrogen (secondary N) is 1. The van der Waals surface area contributed by atoms with Crippen LogP contribution in [0.15, 0.2) is 35.3 Å². The van der Waals surface area contributed by atoms with Crippen LogP contribution >= 0.6 is 0 Å². The molecule has 1 aliphatic heterocycles. The van der Waals surface area contributed by atoms with E-state index >= 15 is 0 Å². The summed E-state index contributed by atoms with van der Waals surface area (Å²) in [5.74, 6) is -0.0651. The Morgan fingerprint density at radius 3 is 2.89 bits per heavy atom. The van der Waals surface area contributed by atoms with Crippen LogP contribution in [0.25, 0.3) is 22.2 Å². The summed E-state index contributed by atoms with van der Waals surface area (Å²) in [5.41, 5.74) is 2.09. The molecular formula is C19H21N5O4. The summed E-state index contributed by atoms with van der Waals surface area (Å²) >= 11 is 0. The van der Waals surface area contributed by atoms with Gasteiger partial charge in [-0.1, -0.05) is 17.3 Å². The molecule has 28 heavy (non-hydrogen) atoms. The van der Waals surface area contributed by atoms with Crippen molar-refractivity contribution in [1.29, 1.82) is 0 Å². The van der Waals surface area contributed by atoms with Crippen molar-refractivity contribution in [1.82, 2.24) is 20.0 Å². The van der Waals surface area contributed by atoms with Gasteiger partial charge in [0.05, 0.1) is 24.9 Å². The maximum absolute atomic E-state index is 12.7. The van der Waals surface area contributed by atoms with Crippen LogP contribution in [0.2, 0.25) is 0 Å². The molecule has 2 aromatic heterocycles. The number of aliphatic carboxylic acids is 1. The molecule has 0 bridgehead atoms. The quantitative estimate of drug-likeness (QED) is 0.663. The Labute approximate surface area is 160 Å². The minimum absolute atomic E-state index is 0.0501. The first-order chi connectivity index (χ1) is 13.6. The van der Waals surface area contributed by atoms with Crippen LogP contribution in [0.1, 0.15) is 12.8 Å². The van der Waals surface area contributed by atoms with E-state index in [1.54, 1.807) is 23.0 Å². The summed E-state index contributed by atoms with van der Waals surface area (Å²) in [7, 11) is 0. The summed E-state index contributed by atoms with van der Waals surface area (Å²) in [6.45, 7) is 3.19. The van der Waals surface area contributed by atoms with Crippen molar-refractivity contribution in [2.45, 2.75) is 19.4 Å². The van der Waals surface area contributed by atoms with E-state index in [1.807, 2.05) is 12.1 Å². The molecular weight excluding hydrogens is 362 g/mol. The molecule has 3 heterocycles. The smallest absolute Gasteiger partial charge is 0.303 e. The highest BCUT2D eigenvalue weighted by molar-refractivity contribution is 5.93. The van der Waals surface area contributed by atoms with Gasteiger partial charge < -0.3 is 19.7 Å². The number of aryl methyl sites for hydroxylation is 1. The first-order valence-corrected chi connectivity index (χ1v) is 9.23. The van der Waals surface area contributed by atoms with Gasteiger partial charge in [0.25, 0.3) is 0 Å². The molecule has 146 valence electrons. The average Bonchev–Trinajstić information content (AvgIpc) is 3.16. The predicted octanol–water partition coefficient (Wildman–Crippen LogP) is 1.49. The molecule has 0 atom stereocenters. The zero-order valence-corrected chi connectivity index (χ0v) is 15.3. The van der Waals surface area contributed by atoms with Crippen molar-refractivity contribution in [3.63, 3.8) is 0 Å². The topological polar surface area (TPSA) is 113 Å². The van der Waals surface area contributed by atoms with Crippen LogP contribution in [0.5, 0.6) is 0 Å². The van der Waals surface area contributed by atoms with Crippen molar-refractivity contribution in [2.75, 3.05) is 31.2 Å². The summed E-state index contributed by atoms with van der Waals surface area (Å²) in [4.78, 5) is 28.8. The lowest BCUT2D eigenvalue weighted by Crippen LogP contribution is -2.37. The number of aromatic nitrogens is 4. The van der Waals surface area contributed by atoms with Gasteiger partial charge in [-0.15, -0.1) is 5.10 Å². The molecule has 1 saturated heterocycles. The van der Waals surface area contributed by atoms with Gasteiger partial charge >= 0.3 is 5.97 Å². The van der Waals surface area contributed by atoms with E-state index in [4.69, 9.17) is 9.84 Å². The second-order valence-corrected chi connectivity index (χ2v) is 6.71. The molecule has 0 radical (unpaired) electrons. The third-order valence-electron chi connectivity index (χ3n) is 4.80. The lowest BCUT2D eigenvalue weighted by Gasteiger charge is -2.28. The first-order valence-electron chi connectivity index (χ1n) is 9.23. The van der Waals surface area contributed by atoms with Crippen LogP contribution in [-0.4, -0.2) is 57.4 Å². The number of morpholine rings is 1. The summed E-state index contributed by atoms with van der Waals surface area (Å²) in [6.07, 6.45) is 2.34. The maximum Gasteiger partial charge on any atom is 0.303 e. The minimum atomic E-state index is -0.831. The van der Waals surface area contributed by atoms with Crippen LogP contribution in [0.3, 0.4) is 0 Å². The highest BCUT2D eigenvalue weighted by atomic mass is 16.5. The van der Waals surface area contributed by atoms with Gasteiger partial charge in [-0.3, -0.25) is 14.3 Å². The molecule has 1 aromatic carbocycles. The van der Waals surface area contributed by atoms with E-state index in [-0.39, 0.29) is 11.8 Å². The molecule has 9 nitrogen and oxygen atoms in total. The Kier molecular flexibility index (Phi) is 5.07. The van der Waals surface area contributed by atoms with E-state index in [9.17, 15) is 9.59 Å². The standard InChI is InChI=1S/C19H21N5O4/c25-16-11-17(23-7-9-28-10-8-23)20-19-13(3-1-4-14(16)19)15-12-24(22-21-15)6-2-5-18(26)27/h1,3-4,11-12H,2,5-10H2,(H,20,25)(H,26,27). The number of hydrogen-bond acceptors (Lipinski definition) is 6. The van der Waals surface area contributed by atoms with Crippen molar-refractivity contribution in [2.24, 2.45) is 0 Å². The Hall–Kier alpha value is -3.20. The van der Waals surface area contributed by atoms with Crippen molar-refractivity contribution in [3.05, 3.63) is 40.7 Å². The van der Waals surface area contributed by atoms with E-state index < -0.39 is 5.97 Å². The van der Waals surface area contributed by atoms with Crippen LogP contribution in [0, 0.1) is 0 Å². The molecule has 0 amide bonds. The molecule has 3 aromatic rings. The Balaban J connectivity index is 1.69. The van der Waals surface area contributed by atoms with Gasteiger partial charge in [-0.05, 0) is 12.5 Å². The van der Waals surface area contributed by atoms with Crippen LogP contribution in [-0.2, 0) is 16.1 Å². The summed E-state index contributed by atoms with van der Waals surface area (Å²) < 4.78 is 7.02. The van der Waals surface area contributed by atoms with Gasteiger partial charge in [0.2, 0.25) is 0 Å². The second-order valence-electron chi connectivity index (χ2n) is 6.71. The number of para-hydroxylation sites is 1. The van der Waals surface area contributed by atoms with Crippen LogP contribution < -0.4 is 10.3 Å². The molecule has 1 aliphatic rings. The number of H-pyrrole nitrogens is 1. The van der Waals surface area contributed by atoms with Gasteiger partial charge in [-0.25, -0.2) is 0 Å². The lowest BCUT2D eigenvalue weighted by molar-refractivity contribution is -0.137. The molecule has 0 spiro atoms. The average molecular weight is 383 g/mol. The number of nitrogens with zero attached hydrogens (tertiary/aromatic N) is 4. The number of carbonyl (C=O) groups is 1. The number of hydrogen-bond donors (Lipinski definition) is 2. The minimum Gasteiger partial charge on any atom is -0.481 e. The zero-order chi connectivity index (χ0) is 19.5. The molecule has 4 rings (SSSR count). The predicted molar refractivity (Wildman–Crippen MR) is 103 cm³/mol. The van der Waals surface area contributed by atoms with E-state index in [2.05, 4.69) is 20.2 Å². The van der Waals surface area contributed by atoms with E-state index in [0.29, 0.717) is 42.8 Å². The number of fused-ring (bicyclic) bond motifs is 1. The maximum atomic E-state index is 12.7. The van der Waals surface area contributed by atoms with Crippen molar-refractivity contribution in [3.8, 4) is 11.3 Å².